The van der Waals surface area contributed by atoms with Crippen LogP contribution >= 0.6 is 0 Å². The predicted octanol–water partition coefficient (Wildman–Crippen LogP) is 6.55. The monoisotopic (exact) mass is 431 g/mol. The van der Waals surface area contributed by atoms with Gasteiger partial charge in [-0.1, -0.05) is 49.6 Å². The van der Waals surface area contributed by atoms with E-state index in [0.29, 0.717) is 11.8 Å². The van der Waals surface area contributed by atoms with Crippen LogP contribution in [0.1, 0.15) is 74.8 Å². The molecular weight excluding hydrogens is 398 g/mol. The number of fused-ring (bicyclic) bond motifs is 1. The van der Waals surface area contributed by atoms with Gasteiger partial charge >= 0.3 is 6.03 Å². The molecule has 2 amide bonds. The number of nitrogens with one attached hydrogen (secondary N) is 1. The highest BCUT2D eigenvalue weighted by molar-refractivity contribution is 6.10. The number of para-hydroxylation sites is 1. The number of carbonyl (C=O) groups excluding carboxylic acids is 1. The minimum atomic E-state index is -0.0869. The number of carbonyl (C=O) groups is 1. The smallest absolute Gasteiger partial charge is 0.342 e. The number of urea groups is 1. The minimum Gasteiger partial charge on any atom is -0.497 e. The van der Waals surface area contributed by atoms with Gasteiger partial charge in [-0.3, -0.25) is 0 Å². The summed E-state index contributed by atoms with van der Waals surface area (Å²) in [5, 5.41) is 10.0. The Kier molecular flexibility index (Phi) is 6.15. The number of amides is 2. The Balaban J connectivity index is 1.36. The number of nitrogens with zero attached hydrogens (tertiary/aromatic N) is 2. The largest absolute Gasteiger partial charge is 0.497 e. The molecule has 5 nitrogen and oxygen atoms in total. The number of rotatable bonds is 4. The van der Waals surface area contributed by atoms with Crippen molar-refractivity contribution in [2.24, 2.45) is 11.0 Å². The second-order valence-corrected chi connectivity index (χ2v) is 9.42. The number of hydrogen-bond acceptors (Lipinski definition) is 3. The molecule has 0 bridgehead atoms. The third kappa shape index (κ3) is 4.25. The van der Waals surface area contributed by atoms with Crippen LogP contribution in [-0.2, 0) is 0 Å². The first kappa shape index (κ1) is 21.0. The van der Waals surface area contributed by atoms with Crippen molar-refractivity contribution in [3.05, 3.63) is 59.7 Å². The number of methoxy groups -OCH3 is 1. The van der Waals surface area contributed by atoms with E-state index in [0.717, 1.165) is 48.4 Å². The van der Waals surface area contributed by atoms with Crippen molar-refractivity contribution in [2.75, 3.05) is 12.4 Å². The number of ether oxygens (including phenoxy) is 1. The predicted molar refractivity (Wildman–Crippen MR) is 128 cm³/mol. The summed E-state index contributed by atoms with van der Waals surface area (Å²) in [7, 11) is 1.70. The number of benzene rings is 2. The fourth-order valence-corrected chi connectivity index (χ4v) is 5.66. The van der Waals surface area contributed by atoms with E-state index in [9.17, 15) is 4.79 Å². The molecule has 0 aromatic heterocycles. The van der Waals surface area contributed by atoms with Crippen molar-refractivity contribution in [1.82, 2.24) is 5.01 Å². The highest BCUT2D eigenvalue weighted by Gasteiger charge is 2.34. The van der Waals surface area contributed by atoms with E-state index in [2.05, 4.69) is 29.6 Å². The Labute approximate surface area is 190 Å². The number of hydrogen-bond donors (Lipinski definition) is 1. The molecule has 2 saturated carbocycles. The first-order valence-electron chi connectivity index (χ1n) is 12.1. The Bertz CT molecular complexity index is 971. The van der Waals surface area contributed by atoms with Crippen molar-refractivity contribution in [3.63, 3.8) is 0 Å². The molecule has 2 fully saturated rings. The van der Waals surface area contributed by atoms with Crippen molar-refractivity contribution in [1.29, 1.82) is 0 Å². The quantitative estimate of drug-likeness (QED) is 0.596. The fraction of sp³-hybridized carbons (Fsp3) is 0.481. The molecule has 1 N–H and O–H groups in total. The summed E-state index contributed by atoms with van der Waals surface area (Å²) < 4.78 is 5.30. The number of hydrazone groups is 1. The van der Waals surface area contributed by atoms with E-state index in [1.54, 1.807) is 12.1 Å². The molecule has 5 rings (SSSR count). The molecule has 1 heterocycles. The lowest BCUT2D eigenvalue weighted by molar-refractivity contribution is 0.166. The fourth-order valence-electron chi connectivity index (χ4n) is 5.66. The van der Waals surface area contributed by atoms with Gasteiger partial charge in [0.25, 0.3) is 0 Å². The standard InChI is InChI=1S/C27H33N3O2/c1-32-23-17-13-20(14-18-23)19-11-15-22(16-12-19)30-27(31)28-25-10-6-5-9-24(25)26(29-30)21-7-3-2-4-8-21/h5-6,9-10,13-14,17-19,21-22H,2-4,7-8,11-12,15-16H2,1H3,(H,28,31). The van der Waals surface area contributed by atoms with Crippen LogP contribution in [0.25, 0.3) is 0 Å². The molecule has 2 aromatic carbocycles. The average molecular weight is 432 g/mol. The Morgan fingerprint density at radius 2 is 1.59 bits per heavy atom. The second-order valence-electron chi connectivity index (χ2n) is 9.42. The van der Waals surface area contributed by atoms with E-state index in [1.807, 2.05) is 24.3 Å². The van der Waals surface area contributed by atoms with Gasteiger partial charge in [0.2, 0.25) is 0 Å². The summed E-state index contributed by atoms with van der Waals surface area (Å²) in [6.45, 7) is 0. The van der Waals surface area contributed by atoms with E-state index >= 15 is 0 Å². The topological polar surface area (TPSA) is 53.9 Å². The molecule has 1 aliphatic heterocycles. The molecule has 3 aliphatic rings. The zero-order chi connectivity index (χ0) is 21.9. The average Bonchev–Trinajstić information content (AvgIpc) is 3.01. The van der Waals surface area contributed by atoms with Crippen LogP contribution in [0.2, 0.25) is 0 Å². The van der Waals surface area contributed by atoms with Gasteiger partial charge in [0.05, 0.1) is 24.6 Å². The molecule has 32 heavy (non-hydrogen) atoms. The lowest BCUT2D eigenvalue weighted by atomic mass is 9.81. The summed E-state index contributed by atoms with van der Waals surface area (Å²) >= 11 is 0. The minimum absolute atomic E-state index is 0.0869. The Morgan fingerprint density at radius 3 is 2.31 bits per heavy atom. The molecule has 0 atom stereocenters. The normalized spacial score (nSPS) is 24.2. The van der Waals surface area contributed by atoms with Crippen LogP contribution in [-0.4, -0.2) is 29.9 Å². The summed E-state index contributed by atoms with van der Waals surface area (Å²) in [4.78, 5) is 13.2. The van der Waals surface area contributed by atoms with Crippen LogP contribution in [0, 0.1) is 5.92 Å². The second kappa shape index (κ2) is 9.35. The maximum atomic E-state index is 13.2. The third-order valence-corrected chi connectivity index (χ3v) is 7.49. The molecule has 0 radical (unpaired) electrons. The first-order valence-corrected chi connectivity index (χ1v) is 12.1. The summed E-state index contributed by atoms with van der Waals surface area (Å²) in [6, 6.07) is 16.7. The molecule has 168 valence electrons. The van der Waals surface area contributed by atoms with Crippen molar-refractivity contribution < 1.29 is 9.53 Å². The SMILES string of the molecule is COc1ccc(C2CCC(N3N=C(C4CCCCC4)c4ccccc4NC3=O)CC2)cc1. The number of anilines is 1. The van der Waals surface area contributed by atoms with Gasteiger partial charge in [-0.25, -0.2) is 9.80 Å². The zero-order valence-corrected chi connectivity index (χ0v) is 18.9. The van der Waals surface area contributed by atoms with Crippen LogP contribution in [0.15, 0.2) is 53.6 Å². The molecule has 0 unspecified atom stereocenters. The maximum absolute atomic E-state index is 13.2. The van der Waals surface area contributed by atoms with E-state index in [-0.39, 0.29) is 12.1 Å². The van der Waals surface area contributed by atoms with Gasteiger partial charge in [-0.05, 0) is 68.2 Å². The van der Waals surface area contributed by atoms with Gasteiger partial charge < -0.3 is 10.1 Å². The first-order chi connectivity index (χ1) is 15.7. The van der Waals surface area contributed by atoms with E-state index in [1.165, 1.54) is 37.7 Å². The van der Waals surface area contributed by atoms with Gasteiger partial charge in [0, 0.05) is 11.5 Å². The molecule has 5 heteroatoms. The molecule has 0 spiro atoms. The zero-order valence-electron chi connectivity index (χ0n) is 18.9. The lowest BCUT2D eigenvalue weighted by Crippen LogP contribution is -2.41. The summed E-state index contributed by atoms with van der Waals surface area (Å²) in [5.41, 5.74) is 4.47. The molecule has 2 aliphatic carbocycles. The van der Waals surface area contributed by atoms with Crippen molar-refractivity contribution in [3.8, 4) is 5.75 Å². The summed E-state index contributed by atoms with van der Waals surface area (Å²) in [5.74, 6) is 1.87. The van der Waals surface area contributed by atoms with Crippen LogP contribution in [0.4, 0.5) is 10.5 Å². The van der Waals surface area contributed by atoms with Gasteiger partial charge in [-0.2, -0.15) is 5.10 Å². The van der Waals surface area contributed by atoms with Crippen LogP contribution in [0.5, 0.6) is 5.75 Å². The Morgan fingerprint density at radius 1 is 0.875 bits per heavy atom. The highest BCUT2D eigenvalue weighted by Crippen LogP contribution is 2.38. The van der Waals surface area contributed by atoms with Crippen LogP contribution < -0.4 is 10.1 Å². The molecule has 0 saturated heterocycles. The van der Waals surface area contributed by atoms with E-state index < -0.39 is 0 Å². The Hall–Kier alpha value is -2.82. The summed E-state index contributed by atoms with van der Waals surface area (Å²) in [6.07, 6.45) is 10.2. The van der Waals surface area contributed by atoms with E-state index in [4.69, 9.17) is 9.84 Å². The lowest BCUT2D eigenvalue weighted by Gasteiger charge is -2.34. The third-order valence-electron chi connectivity index (χ3n) is 7.49. The van der Waals surface area contributed by atoms with Crippen LogP contribution in [0.3, 0.4) is 0 Å². The molecule has 2 aromatic rings. The van der Waals surface area contributed by atoms with Crippen molar-refractivity contribution in [2.45, 2.75) is 69.7 Å². The van der Waals surface area contributed by atoms with Crippen molar-refractivity contribution >= 4 is 17.4 Å². The maximum Gasteiger partial charge on any atom is 0.342 e. The van der Waals surface area contributed by atoms with Gasteiger partial charge in [-0.15, -0.1) is 0 Å². The van der Waals surface area contributed by atoms with Gasteiger partial charge in [0.15, 0.2) is 0 Å². The molecular formula is C27H33N3O2. The highest BCUT2D eigenvalue weighted by atomic mass is 16.5. The van der Waals surface area contributed by atoms with Gasteiger partial charge in [0.1, 0.15) is 5.75 Å².